The molecular formula is C17H27N3. The van der Waals surface area contributed by atoms with Crippen molar-refractivity contribution in [2.24, 2.45) is 0 Å². The van der Waals surface area contributed by atoms with Gasteiger partial charge in [0.2, 0.25) is 0 Å². The highest BCUT2D eigenvalue weighted by Crippen LogP contribution is 2.21. The fourth-order valence-electron chi connectivity index (χ4n) is 2.74. The number of imidazole rings is 1. The van der Waals surface area contributed by atoms with Crippen LogP contribution >= 0.6 is 0 Å². The minimum absolute atomic E-state index is 0.443. The van der Waals surface area contributed by atoms with E-state index in [1.54, 1.807) is 0 Å². The maximum Gasteiger partial charge on any atom is 0.109 e. The zero-order chi connectivity index (χ0) is 14.4. The van der Waals surface area contributed by atoms with E-state index >= 15 is 0 Å². The smallest absolute Gasteiger partial charge is 0.109 e. The van der Waals surface area contributed by atoms with E-state index in [0.29, 0.717) is 6.04 Å². The third-order valence-electron chi connectivity index (χ3n) is 3.82. The summed E-state index contributed by atoms with van der Waals surface area (Å²) in [6.07, 6.45) is 4.85. The Morgan fingerprint density at radius 2 is 2.00 bits per heavy atom. The molecule has 0 spiro atoms. The molecular weight excluding hydrogens is 246 g/mol. The molecule has 2 rings (SSSR count). The molecule has 1 aromatic heterocycles. The number of benzene rings is 1. The van der Waals surface area contributed by atoms with Crippen molar-refractivity contribution in [1.29, 1.82) is 0 Å². The molecule has 0 bridgehead atoms. The van der Waals surface area contributed by atoms with Crippen LogP contribution in [0.25, 0.3) is 11.0 Å². The maximum absolute atomic E-state index is 4.75. The molecule has 0 aliphatic heterocycles. The standard InChI is InChI=1S/C17H27N3/c1-4-6-9-12-18-13-14(3)20-16-11-8-7-10-15(16)19-17(20)5-2/h7-8,10-11,14,18H,4-6,9,12-13H2,1-3H3. The van der Waals surface area contributed by atoms with E-state index < -0.39 is 0 Å². The van der Waals surface area contributed by atoms with Crippen LogP contribution in [-0.4, -0.2) is 22.6 Å². The molecule has 0 saturated heterocycles. The number of aryl methyl sites for hydroxylation is 1. The Labute approximate surface area is 122 Å². The molecule has 0 radical (unpaired) electrons. The van der Waals surface area contributed by atoms with Gasteiger partial charge >= 0.3 is 0 Å². The van der Waals surface area contributed by atoms with Crippen molar-refractivity contribution in [2.75, 3.05) is 13.1 Å². The van der Waals surface area contributed by atoms with Crippen molar-refractivity contribution in [3.8, 4) is 0 Å². The second-order valence-corrected chi connectivity index (χ2v) is 5.50. The van der Waals surface area contributed by atoms with Crippen molar-refractivity contribution in [3.63, 3.8) is 0 Å². The lowest BCUT2D eigenvalue weighted by Gasteiger charge is -2.18. The third kappa shape index (κ3) is 3.40. The number of rotatable bonds is 8. The van der Waals surface area contributed by atoms with Gasteiger partial charge < -0.3 is 9.88 Å². The van der Waals surface area contributed by atoms with Gasteiger partial charge in [-0.05, 0) is 32.0 Å². The average molecular weight is 273 g/mol. The normalized spacial score (nSPS) is 12.9. The van der Waals surface area contributed by atoms with E-state index in [2.05, 4.69) is 54.9 Å². The predicted molar refractivity (Wildman–Crippen MR) is 86.2 cm³/mol. The highest BCUT2D eigenvalue weighted by atomic mass is 15.1. The molecule has 0 fully saturated rings. The monoisotopic (exact) mass is 273 g/mol. The highest BCUT2D eigenvalue weighted by molar-refractivity contribution is 5.76. The average Bonchev–Trinajstić information content (AvgIpc) is 2.85. The van der Waals surface area contributed by atoms with Gasteiger partial charge in [0, 0.05) is 19.0 Å². The zero-order valence-electron chi connectivity index (χ0n) is 13.0. The minimum atomic E-state index is 0.443. The van der Waals surface area contributed by atoms with Gasteiger partial charge in [0.25, 0.3) is 0 Å². The van der Waals surface area contributed by atoms with Crippen LogP contribution in [0, 0.1) is 0 Å². The van der Waals surface area contributed by atoms with Gasteiger partial charge in [0.1, 0.15) is 5.82 Å². The van der Waals surface area contributed by atoms with Crippen LogP contribution < -0.4 is 5.32 Å². The van der Waals surface area contributed by atoms with E-state index in [0.717, 1.165) is 25.0 Å². The Kier molecular flexibility index (Phi) is 5.60. The first-order valence-corrected chi connectivity index (χ1v) is 7.94. The number of para-hydroxylation sites is 2. The fourth-order valence-corrected chi connectivity index (χ4v) is 2.74. The molecule has 0 aliphatic rings. The molecule has 0 saturated carbocycles. The summed E-state index contributed by atoms with van der Waals surface area (Å²) >= 11 is 0. The summed E-state index contributed by atoms with van der Waals surface area (Å²) in [5.41, 5.74) is 2.37. The summed E-state index contributed by atoms with van der Waals surface area (Å²) in [6, 6.07) is 8.88. The largest absolute Gasteiger partial charge is 0.324 e. The molecule has 0 aliphatic carbocycles. The summed E-state index contributed by atoms with van der Waals surface area (Å²) in [7, 11) is 0. The quantitative estimate of drug-likeness (QED) is 0.738. The number of nitrogens with one attached hydrogen (secondary N) is 1. The first-order valence-electron chi connectivity index (χ1n) is 7.94. The van der Waals surface area contributed by atoms with Crippen molar-refractivity contribution in [3.05, 3.63) is 30.1 Å². The maximum atomic E-state index is 4.75. The van der Waals surface area contributed by atoms with E-state index in [4.69, 9.17) is 4.98 Å². The molecule has 2 aromatic rings. The zero-order valence-corrected chi connectivity index (χ0v) is 13.0. The van der Waals surface area contributed by atoms with Crippen LogP contribution in [0.4, 0.5) is 0 Å². The number of hydrogen-bond donors (Lipinski definition) is 1. The molecule has 110 valence electrons. The van der Waals surface area contributed by atoms with Gasteiger partial charge in [-0.25, -0.2) is 4.98 Å². The highest BCUT2D eigenvalue weighted by Gasteiger charge is 2.13. The number of unbranched alkanes of at least 4 members (excludes halogenated alkanes) is 2. The van der Waals surface area contributed by atoms with Gasteiger partial charge in [-0.2, -0.15) is 0 Å². The molecule has 20 heavy (non-hydrogen) atoms. The van der Waals surface area contributed by atoms with Crippen LogP contribution in [0.5, 0.6) is 0 Å². The van der Waals surface area contributed by atoms with Crippen LogP contribution in [0.2, 0.25) is 0 Å². The predicted octanol–water partition coefficient (Wildman–Crippen LogP) is 3.94. The van der Waals surface area contributed by atoms with E-state index in [1.165, 1.54) is 30.6 Å². The first-order chi connectivity index (χ1) is 9.77. The molecule has 1 atom stereocenters. The van der Waals surface area contributed by atoms with Crippen LogP contribution in [0.1, 0.15) is 51.9 Å². The second kappa shape index (κ2) is 7.44. The summed E-state index contributed by atoms with van der Waals surface area (Å²) in [4.78, 5) is 4.75. The molecule has 1 unspecified atom stereocenters. The molecule has 1 heterocycles. The van der Waals surface area contributed by atoms with Crippen molar-refractivity contribution >= 4 is 11.0 Å². The lowest BCUT2D eigenvalue weighted by atomic mass is 10.2. The Bertz CT molecular complexity index is 530. The van der Waals surface area contributed by atoms with E-state index in [1.807, 2.05) is 0 Å². The lowest BCUT2D eigenvalue weighted by Crippen LogP contribution is -2.25. The first kappa shape index (κ1) is 15.0. The Morgan fingerprint density at radius 1 is 1.20 bits per heavy atom. The second-order valence-electron chi connectivity index (χ2n) is 5.50. The molecule has 1 N–H and O–H groups in total. The number of aromatic nitrogens is 2. The van der Waals surface area contributed by atoms with E-state index in [9.17, 15) is 0 Å². The van der Waals surface area contributed by atoms with Crippen LogP contribution in [0.15, 0.2) is 24.3 Å². The third-order valence-corrected chi connectivity index (χ3v) is 3.82. The lowest BCUT2D eigenvalue weighted by molar-refractivity contribution is 0.482. The van der Waals surface area contributed by atoms with Crippen LogP contribution in [0.3, 0.4) is 0 Å². The molecule has 0 amide bonds. The molecule has 1 aromatic carbocycles. The van der Waals surface area contributed by atoms with Gasteiger partial charge in [-0.1, -0.05) is 38.8 Å². The Balaban J connectivity index is 2.06. The van der Waals surface area contributed by atoms with E-state index in [-0.39, 0.29) is 0 Å². The van der Waals surface area contributed by atoms with Gasteiger partial charge in [0.15, 0.2) is 0 Å². The van der Waals surface area contributed by atoms with Gasteiger partial charge in [-0.3, -0.25) is 0 Å². The number of hydrogen-bond acceptors (Lipinski definition) is 2. The fraction of sp³-hybridized carbons (Fsp3) is 0.588. The van der Waals surface area contributed by atoms with Crippen molar-refractivity contribution in [2.45, 2.75) is 52.5 Å². The SMILES string of the molecule is CCCCCNCC(C)n1c(CC)nc2ccccc21. The van der Waals surface area contributed by atoms with Crippen molar-refractivity contribution < 1.29 is 0 Å². The minimum Gasteiger partial charge on any atom is -0.324 e. The molecule has 3 nitrogen and oxygen atoms in total. The van der Waals surface area contributed by atoms with Gasteiger partial charge in [-0.15, -0.1) is 0 Å². The van der Waals surface area contributed by atoms with Gasteiger partial charge in [0.05, 0.1) is 11.0 Å². The topological polar surface area (TPSA) is 29.9 Å². The summed E-state index contributed by atoms with van der Waals surface area (Å²) in [5, 5.41) is 3.58. The summed E-state index contributed by atoms with van der Waals surface area (Å²) in [5.74, 6) is 1.19. The van der Waals surface area contributed by atoms with Crippen molar-refractivity contribution in [1.82, 2.24) is 14.9 Å². The summed E-state index contributed by atoms with van der Waals surface area (Å²) < 4.78 is 2.39. The number of nitrogens with zero attached hydrogens (tertiary/aromatic N) is 2. The molecule has 3 heteroatoms. The van der Waals surface area contributed by atoms with Crippen LogP contribution in [-0.2, 0) is 6.42 Å². The Hall–Kier alpha value is -1.35. The Morgan fingerprint density at radius 3 is 2.75 bits per heavy atom. The summed E-state index contributed by atoms with van der Waals surface area (Å²) in [6.45, 7) is 8.83. The number of fused-ring (bicyclic) bond motifs is 1.